The Morgan fingerprint density at radius 2 is 1.88 bits per heavy atom. The Labute approximate surface area is 104 Å². The highest BCUT2D eigenvalue weighted by molar-refractivity contribution is 9.10. The van der Waals surface area contributed by atoms with Crippen molar-refractivity contribution in [2.45, 2.75) is 45.1 Å². The van der Waals surface area contributed by atoms with E-state index in [1.54, 1.807) is 0 Å². The summed E-state index contributed by atoms with van der Waals surface area (Å²) in [6.45, 7) is 3.73. The van der Waals surface area contributed by atoms with Gasteiger partial charge in [0, 0.05) is 5.54 Å². The summed E-state index contributed by atoms with van der Waals surface area (Å²) in [5.41, 5.74) is 8.69. The second-order valence-electron chi connectivity index (χ2n) is 4.86. The summed E-state index contributed by atoms with van der Waals surface area (Å²) in [6.07, 6.45) is 4.22. The summed E-state index contributed by atoms with van der Waals surface area (Å²) in [5.74, 6) is -0.160. The number of nitrogens with two attached hydrogens (primary N) is 1. The van der Waals surface area contributed by atoms with Gasteiger partial charge < -0.3 is 5.73 Å². The van der Waals surface area contributed by atoms with Crippen molar-refractivity contribution in [3.8, 4) is 0 Å². The number of hydrogen-bond donors (Lipinski definition) is 1. The third kappa shape index (κ3) is 1.80. The molecule has 88 valence electrons. The molecular weight excluding hydrogens is 269 g/mol. The van der Waals surface area contributed by atoms with Crippen LogP contribution in [0, 0.1) is 19.7 Å². The van der Waals surface area contributed by atoms with Crippen LogP contribution < -0.4 is 5.73 Å². The molecule has 16 heavy (non-hydrogen) atoms. The zero-order valence-corrected chi connectivity index (χ0v) is 11.3. The van der Waals surface area contributed by atoms with E-state index in [0.717, 1.165) is 36.8 Å². The maximum absolute atomic E-state index is 14.0. The van der Waals surface area contributed by atoms with Crippen molar-refractivity contribution in [1.29, 1.82) is 0 Å². The highest BCUT2D eigenvalue weighted by atomic mass is 79.9. The molecule has 0 spiro atoms. The van der Waals surface area contributed by atoms with Crippen LogP contribution in [0.2, 0.25) is 0 Å². The average molecular weight is 286 g/mol. The second-order valence-corrected chi connectivity index (χ2v) is 5.65. The van der Waals surface area contributed by atoms with Crippen LogP contribution >= 0.6 is 15.9 Å². The minimum Gasteiger partial charge on any atom is -0.321 e. The molecule has 0 unspecified atom stereocenters. The minimum atomic E-state index is -0.309. The average Bonchev–Trinajstić information content (AvgIpc) is 2.68. The number of aryl methyl sites for hydroxylation is 1. The first-order valence-corrected chi connectivity index (χ1v) is 6.49. The molecule has 3 heteroatoms. The first-order chi connectivity index (χ1) is 7.46. The molecule has 1 aliphatic carbocycles. The van der Waals surface area contributed by atoms with Gasteiger partial charge in [-0.15, -0.1) is 0 Å². The Hall–Kier alpha value is -0.410. The molecule has 2 rings (SSSR count). The van der Waals surface area contributed by atoms with E-state index in [1.165, 1.54) is 0 Å². The molecule has 0 aromatic heterocycles. The molecule has 0 amide bonds. The van der Waals surface area contributed by atoms with Gasteiger partial charge in [0.05, 0.1) is 4.47 Å². The van der Waals surface area contributed by atoms with E-state index in [4.69, 9.17) is 5.73 Å². The predicted molar refractivity (Wildman–Crippen MR) is 67.9 cm³/mol. The van der Waals surface area contributed by atoms with Gasteiger partial charge >= 0.3 is 0 Å². The van der Waals surface area contributed by atoms with Crippen molar-refractivity contribution in [3.05, 3.63) is 33.0 Å². The van der Waals surface area contributed by atoms with Crippen LogP contribution in [0.15, 0.2) is 10.5 Å². The molecule has 0 bridgehead atoms. The molecule has 0 heterocycles. The minimum absolute atomic E-state index is 0.160. The number of rotatable bonds is 1. The van der Waals surface area contributed by atoms with E-state index in [0.29, 0.717) is 10.0 Å². The largest absolute Gasteiger partial charge is 0.321 e. The number of hydrogen-bond acceptors (Lipinski definition) is 1. The van der Waals surface area contributed by atoms with Crippen molar-refractivity contribution in [2.24, 2.45) is 5.73 Å². The van der Waals surface area contributed by atoms with E-state index in [2.05, 4.69) is 15.9 Å². The lowest BCUT2D eigenvalue weighted by Crippen LogP contribution is -2.34. The van der Waals surface area contributed by atoms with Crippen LogP contribution in [0.25, 0.3) is 0 Å². The van der Waals surface area contributed by atoms with Gasteiger partial charge in [-0.3, -0.25) is 0 Å². The SMILES string of the molecule is Cc1cc(C2(N)CCCC2)c(C)c(F)c1Br. The van der Waals surface area contributed by atoms with Crippen molar-refractivity contribution in [2.75, 3.05) is 0 Å². The van der Waals surface area contributed by atoms with Gasteiger partial charge in [0.2, 0.25) is 0 Å². The van der Waals surface area contributed by atoms with Gasteiger partial charge in [-0.05, 0) is 59.3 Å². The van der Waals surface area contributed by atoms with Gasteiger partial charge in [-0.2, -0.15) is 0 Å². The zero-order valence-electron chi connectivity index (χ0n) is 9.74. The molecule has 1 fully saturated rings. The van der Waals surface area contributed by atoms with Crippen molar-refractivity contribution < 1.29 is 4.39 Å². The molecule has 1 aromatic rings. The Balaban J connectivity index is 2.57. The smallest absolute Gasteiger partial charge is 0.140 e. The van der Waals surface area contributed by atoms with Crippen LogP contribution in [-0.4, -0.2) is 0 Å². The Kier molecular flexibility index (Phi) is 3.10. The van der Waals surface area contributed by atoms with Crippen molar-refractivity contribution in [1.82, 2.24) is 0 Å². The zero-order chi connectivity index (χ0) is 11.9. The summed E-state index contributed by atoms with van der Waals surface area (Å²) in [7, 11) is 0. The van der Waals surface area contributed by atoms with E-state index >= 15 is 0 Å². The molecule has 0 saturated heterocycles. The van der Waals surface area contributed by atoms with Gasteiger partial charge in [-0.25, -0.2) is 4.39 Å². The lowest BCUT2D eigenvalue weighted by atomic mass is 9.85. The monoisotopic (exact) mass is 285 g/mol. The summed E-state index contributed by atoms with van der Waals surface area (Å²) >= 11 is 3.27. The quantitative estimate of drug-likeness (QED) is 0.831. The van der Waals surface area contributed by atoms with E-state index in [1.807, 2.05) is 19.9 Å². The summed E-state index contributed by atoms with van der Waals surface area (Å²) in [6, 6.07) is 2.04. The van der Waals surface area contributed by atoms with Crippen LogP contribution in [0.5, 0.6) is 0 Å². The first-order valence-electron chi connectivity index (χ1n) is 5.70. The molecule has 1 nitrogen and oxygen atoms in total. The van der Waals surface area contributed by atoms with Gasteiger partial charge in [0.15, 0.2) is 0 Å². The molecule has 1 aliphatic rings. The molecule has 0 radical (unpaired) electrons. The summed E-state index contributed by atoms with van der Waals surface area (Å²) < 4.78 is 14.5. The highest BCUT2D eigenvalue weighted by Crippen LogP contribution is 2.40. The Morgan fingerprint density at radius 3 is 2.44 bits per heavy atom. The number of halogens is 2. The second kappa shape index (κ2) is 4.11. The third-order valence-electron chi connectivity index (χ3n) is 3.67. The summed E-state index contributed by atoms with van der Waals surface area (Å²) in [5, 5.41) is 0. The molecule has 0 aliphatic heterocycles. The van der Waals surface area contributed by atoms with Crippen LogP contribution in [0.4, 0.5) is 4.39 Å². The topological polar surface area (TPSA) is 26.0 Å². The molecular formula is C13H17BrFN. The van der Waals surface area contributed by atoms with Crippen LogP contribution in [0.3, 0.4) is 0 Å². The van der Waals surface area contributed by atoms with E-state index < -0.39 is 0 Å². The van der Waals surface area contributed by atoms with Crippen LogP contribution in [0.1, 0.15) is 42.4 Å². The van der Waals surface area contributed by atoms with Gasteiger partial charge in [0.1, 0.15) is 5.82 Å². The highest BCUT2D eigenvalue weighted by Gasteiger charge is 2.33. The first kappa shape index (κ1) is 12.1. The maximum Gasteiger partial charge on any atom is 0.140 e. The number of benzene rings is 1. The Morgan fingerprint density at radius 1 is 1.31 bits per heavy atom. The fourth-order valence-electron chi connectivity index (χ4n) is 2.64. The normalized spacial score (nSPS) is 19.1. The predicted octanol–water partition coefficient (Wildman–Crippen LogP) is 3.93. The fraction of sp³-hybridized carbons (Fsp3) is 0.538. The maximum atomic E-state index is 14.0. The molecule has 2 N–H and O–H groups in total. The summed E-state index contributed by atoms with van der Waals surface area (Å²) in [4.78, 5) is 0. The molecule has 1 saturated carbocycles. The van der Waals surface area contributed by atoms with Crippen molar-refractivity contribution >= 4 is 15.9 Å². The standard InChI is InChI=1S/C13H17BrFN/c1-8-7-10(9(2)12(15)11(8)14)13(16)5-3-4-6-13/h7H,3-6,16H2,1-2H3. The third-order valence-corrected chi connectivity index (χ3v) is 4.64. The molecule has 1 aromatic carbocycles. The van der Waals surface area contributed by atoms with Crippen molar-refractivity contribution in [3.63, 3.8) is 0 Å². The van der Waals surface area contributed by atoms with Crippen LogP contribution in [-0.2, 0) is 5.54 Å². The van der Waals surface area contributed by atoms with E-state index in [9.17, 15) is 4.39 Å². The molecule has 0 atom stereocenters. The Bertz CT molecular complexity index is 422. The van der Waals surface area contributed by atoms with Gasteiger partial charge in [0.25, 0.3) is 0 Å². The van der Waals surface area contributed by atoms with E-state index in [-0.39, 0.29) is 11.4 Å². The lowest BCUT2D eigenvalue weighted by Gasteiger charge is -2.27. The van der Waals surface area contributed by atoms with Gasteiger partial charge in [-0.1, -0.05) is 18.9 Å². The fourth-order valence-corrected chi connectivity index (χ4v) is 3.05. The lowest BCUT2D eigenvalue weighted by molar-refractivity contribution is 0.453.